The van der Waals surface area contributed by atoms with Gasteiger partial charge in [0.05, 0.1) is 5.69 Å². The molecule has 1 aromatic carbocycles. The first kappa shape index (κ1) is 15.6. The van der Waals surface area contributed by atoms with Crippen LogP contribution >= 0.6 is 11.6 Å². The summed E-state index contributed by atoms with van der Waals surface area (Å²) in [5.41, 5.74) is 4.53. The Balaban J connectivity index is 1.78. The van der Waals surface area contributed by atoms with Gasteiger partial charge in [-0.2, -0.15) is 0 Å². The van der Waals surface area contributed by atoms with E-state index in [1.165, 1.54) is 5.56 Å². The number of halogens is 1. The number of imidazole rings is 1. The zero-order valence-electron chi connectivity index (χ0n) is 13.7. The van der Waals surface area contributed by atoms with Crippen LogP contribution in [0.15, 0.2) is 53.3 Å². The number of fused-ring (bicyclic) bond motifs is 1. The Bertz CT molecular complexity index is 1080. The van der Waals surface area contributed by atoms with Crippen LogP contribution in [-0.4, -0.2) is 21.3 Å². The summed E-state index contributed by atoms with van der Waals surface area (Å²) in [6, 6.07) is 11.4. The van der Waals surface area contributed by atoms with Crippen LogP contribution in [-0.2, 0) is 9.53 Å². The predicted molar refractivity (Wildman–Crippen MR) is 96.7 cm³/mol. The van der Waals surface area contributed by atoms with Gasteiger partial charge in [-0.05, 0) is 55.3 Å². The molecule has 4 rings (SSSR count). The number of carbonyl (C=O) groups excluding carboxylic acids is 1. The molecule has 0 amide bonds. The third kappa shape index (κ3) is 2.72. The van der Waals surface area contributed by atoms with Crippen molar-refractivity contribution >= 4 is 35.2 Å². The monoisotopic (exact) mass is 351 g/mol. The molecule has 0 spiro atoms. The van der Waals surface area contributed by atoms with E-state index < -0.39 is 5.97 Å². The number of cyclic esters (lactones) is 1. The van der Waals surface area contributed by atoms with E-state index in [0.717, 1.165) is 11.1 Å². The molecule has 3 aromatic rings. The fourth-order valence-corrected chi connectivity index (χ4v) is 2.88. The van der Waals surface area contributed by atoms with Gasteiger partial charge in [0.1, 0.15) is 5.65 Å². The highest BCUT2D eigenvalue weighted by molar-refractivity contribution is 6.31. The van der Waals surface area contributed by atoms with Gasteiger partial charge >= 0.3 is 5.97 Å². The van der Waals surface area contributed by atoms with Crippen LogP contribution < -0.4 is 0 Å². The Morgan fingerprint density at radius 1 is 1.16 bits per heavy atom. The highest BCUT2D eigenvalue weighted by Crippen LogP contribution is 2.24. The smallest absolute Gasteiger partial charge is 0.363 e. The van der Waals surface area contributed by atoms with Gasteiger partial charge in [0.15, 0.2) is 10.9 Å². The van der Waals surface area contributed by atoms with Crippen LogP contribution in [0.2, 0.25) is 5.15 Å². The van der Waals surface area contributed by atoms with E-state index in [1.54, 1.807) is 10.5 Å². The molecule has 0 bridgehead atoms. The molecule has 0 saturated carbocycles. The second kappa shape index (κ2) is 5.86. The highest BCUT2D eigenvalue weighted by atomic mass is 35.5. The number of aromatic nitrogens is 2. The SMILES string of the molecule is Cc1ccc(C2=N/C(=C/c3c(Cl)nc4ccccn34)C(=O)O2)cc1C. The number of nitrogens with zero attached hydrogens (tertiary/aromatic N) is 3. The van der Waals surface area contributed by atoms with Gasteiger partial charge in [0.2, 0.25) is 5.90 Å². The Kier molecular flexibility index (Phi) is 3.66. The average Bonchev–Trinajstić information content (AvgIpc) is 3.11. The molecule has 0 N–H and O–H groups in total. The Hall–Kier alpha value is -2.92. The van der Waals surface area contributed by atoms with Crippen LogP contribution in [0.1, 0.15) is 22.4 Å². The van der Waals surface area contributed by atoms with Crippen LogP contribution in [0.3, 0.4) is 0 Å². The van der Waals surface area contributed by atoms with Gasteiger partial charge in [-0.25, -0.2) is 14.8 Å². The summed E-state index contributed by atoms with van der Waals surface area (Å²) in [4.78, 5) is 20.8. The molecule has 0 unspecified atom stereocenters. The van der Waals surface area contributed by atoms with Gasteiger partial charge < -0.3 is 4.74 Å². The van der Waals surface area contributed by atoms with Crippen molar-refractivity contribution in [3.05, 3.63) is 75.8 Å². The Labute approximate surface area is 149 Å². The van der Waals surface area contributed by atoms with Crippen molar-refractivity contribution in [1.29, 1.82) is 0 Å². The number of hydrogen-bond acceptors (Lipinski definition) is 4. The maximum Gasteiger partial charge on any atom is 0.363 e. The number of hydrogen-bond donors (Lipinski definition) is 0. The summed E-state index contributed by atoms with van der Waals surface area (Å²) < 4.78 is 7.12. The summed E-state index contributed by atoms with van der Waals surface area (Å²) in [5.74, 6) is -0.209. The fourth-order valence-electron chi connectivity index (χ4n) is 2.65. The minimum Gasteiger partial charge on any atom is -0.402 e. The molecule has 2 aromatic heterocycles. The van der Waals surface area contributed by atoms with Crippen molar-refractivity contribution < 1.29 is 9.53 Å². The number of aryl methyl sites for hydroxylation is 2. The van der Waals surface area contributed by atoms with Crippen molar-refractivity contribution in [3.8, 4) is 0 Å². The fraction of sp³-hybridized carbons (Fsp3) is 0.105. The molecule has 0 aliphatic carbocycles. The van der Waals surface area contributed by atoms with Gasteiger partial charge in [-0.15, -0.1) is 0 Å². The lowest BCUT2D eigenvalue weighted by molar-refractivity contribution is -0.129. The lowest BCUT2D eigenvalue weighted by Gasteiger charge is -2.03. The third-order valence-corrected chi connectivity index (χ3v) is 4.45. The number of aliphatic imine (C=N–C) groups is 1. The molecule has 1 aliphatic heterocycles. The number of rotatable bonds is 2. The predicted octanol–water partition coefficient (Wildman–Crippen LogP) is 3.95. The van der Waals surface area contributed by atoms with E-state index in [0.29, 0.717) is 22.4 Å². The van der Waals surface area contributed by atoms with Crippen molar-refractivity contribution in [3.63, 3.8) is 0 Å². The van der Waals surface area contributed by atoms with E-state index in [-0.39, 0.29) is 5.70 Å². The molecule has 6 heteroatoms. The quantitative estimate of drug-likeness (QED) is 0.519. The second-order valence-electron chi connectivity index (χ2n) is 5.85. The topological polar surface area (TPSA) is 56.0 Å². The van der Waals surface area contributed by atoms with Gasteiger partial charge in [0.25, 0.3) is 0 Å². The van der Waals surface area contributed by atoms with E-state index in [1.807, 2.05) is 56.4 Å². The van der Waals surface area contributed by atoms with Gasteiger partial charge in [0, 0.05) is 11.8 Å². The van der Waals surface area contributed by atoms with Crippen molar-refractivity contribution in [2.24, 2.45) is 4.99 Å². The summed E-state index contributed by atoms with van der Waals surface area (Å²) in [6.07, 6.45) is 3.42. The largest absolute Gasteiger partial charge is 0.402 e. The first-order valence-electron chi connectivity index (χ1n) is 7.76. The maximum absolute atomic E-state index is 12.2. The highest BCUT2D eigenvalue weighted by Gasteiger charge is 2.25. The Morgan fingerprint density at radius 3 is 2.80 bits per heavy atom. The van der Waals surface area contributed by atoms with Crippen molar-refractivity contribution in [2.75, 3.05) is 0 Å². The third-order valence-electron chi connectivity index (χ3n) is 4.17. The summed E-state index contributed by atoms with van der Waals surface area (Å²) in [6.45, 7) is 4.03. The molecule has 124 valence electrons. The summed E-state index contributed by atoms with van der Waals surface area (Å²) >= 11 is 6.21. The average molecular weight is 352 g/mol. The molecule has 5 nitrogen and oxygen atoms in total. The molecule has 25 heavy (non-hydrogen) atoms. The molecule has 0 atom stereocenters. The minimum absolute atomic E-state index is 0.195. The zero-order chi connectivity index (χ0) is 17.6. The standard InChI is InChI=1S/C19H14ClN3O2/c1-11-6-7-13(9-12(11)2)18-21-14(19(24)25-18)10-15-17(20)22-16-5-3-4-8-23(15)16/h3-10H,1-2H3/b14-10+. The van der Waals surface area contributed by atoms with Crippen molar-refractivity contribution in [1.82, 2.24) is 9.38 Å². The number of ether oxygens (including phenoxy) is 1. The minimum atomic E-state index is -0.504. The Morgan fingerprint density at radius 2 is 2.00 bits per heavy atom. The molecular formula is C19H14ClN3O2. The summed E-state index contributed by atoms with van der Waals surface area (Å²) in [5, 5.41) is 0.307. The number of benzene rings is 1. The zero-order valence-corrected chi connectivity index (χ0v) is 14.4. The molecule has 0 saturated heterocycles. The lowest BCUT2D eigenvalue weighted by atomic mass is 10.1. The molecule has 0 fully saturated rings. The van der Waals surface area contributed by atoms with Crippen LogP contribution in [0, 0.1) is 13.8 Å². The number of pyridine rings is 1. The van der Waals surface area contributed by atoms with Gasteiger partial charge in [-0.1, -0.05) is 23.7 Å². The number of esters is 1. The van der Waals surface area contributed by atoms with E-state index >= 15 is 0 Å². The molecule has 0 radical (unpaired) electrons. The van der Waals surface area contributed by atoms with E-state index in [9.17, 15) is 4.79 Å². The normalized spacial score (nSPS) is 15.7. The van der Waals surface area contributed by atoms with Crippen LogP contribution in [0.25, 0.3) is 11.7 Å². The maximum atomic E-state index is 12.2. The first-order valence-corrected chi connectivity index (χ1v) is 8.13. The van der Waals surface area contributed by atoms with Gasteiger partial charge in [-0.3, -0.25) is 4.40 Å². The van der Waals surface area contributed by atoms with Crippen LogP contribution in [0.5, 0.6) is 0 Å². The summed E-state index contributed by atoms with van der Waals surface area (Å²) in [7, 11) is 0. The number of carbonyl (C=O) groups is 1. The molecular weight excluding hydrogens is 338 g/mol. The first-order chi connectivity index (χ1) is 12.0. The molecule has 3 heterocycles. The second-order valence-corrected chi connectivity index (χ2v) is 6.21. The van der Waals surface area contributed by atoms with E-state index in [2.05, 4.69) is 9.98 Å². The van der Waals surface area contributed by atoms with Crippen molar-refractivity contribution in [2.45, 2.75) is 13.8 Å². The van der Waals surface area contributed by atoms with E-state index in [4.69, 9.17) is 16.3 Å². The lowest BCUT2D eigenvalue weighted by Crippen LogP contribution is -2.05. The molecule has 1 aliphatic rings. The van der Waals surface area contributed by atoms with Crippen LogP contribution in [0.4, 0.5) is 0 Å².